The van der Waals surface area contributed by atoms with Crippen molar-refractivity contribution in [2.75, 3.05) is 13.6 Å². The molecule has 0 fully saturated rings. The summed E-state index contributed by atoms with van der Waals surface area (Å²) in [6.07, 6.45) is 2.23. The molecule has 2 N–H and O–H groups in total. The fourth-order valence-corrected chi connectivity index (χ4v) is 1.61. The predicted molar refractivity (Wildman–Crippen MR) is 70.7 cm³/mol. The lowest BCUT2D eigenvalue weighted by molar-refractivity contribution is -0.129. The molecule has 1 aromatic rings. The molecule has 0 radical (unpaired) electrons. The fourth-order valence-electron chi connectivity index (χ4n) is 1.61. The summed E-state index contributed by atoms with van der Waals surface area (Å²) in [4.78, 5) is 13.6. The van der Waals surface area contributed by atoms with E-state index in [-0.39, 0.29) is 11.9 Å². The van der Waals surface area contributed by atoms with Crippen LogP contribution in [0.25, 0.3) is 0 Å². The second kappa shape index (κ2) is 7.07. The van der Waals surface area contributed by atoms with Gasteiger partial charge in [-0.2, -0.15) is 0 Å². The van der Waals surface area contributed by atoms with Gasteiger partial charge in [0.25, 0.3) is 0 Å². The van der Waals surface area contributed by atoms with Gasteiger partial charge in [0.2, 0.25) is 5.91 Å². The SMILES string of the molecule is CC(N)CCN(C)C(=O)CCc1ccccc1. The van der Waals surface area contributed by atoms with Crippen molar-refractivity contribution in [3.8, 4) is 0 Å². The zero-order valence-corrected chi connectivity index (χ0v) is 10.7. The molecule has 0 saturated heterocycles. The lowest BCUT2D eigenvalue weighted by Crippen LogP contribution is -2.31. The molecule has 3 heteroatoms. The van der Waals surface area contributed by atoms with E-state index < -0.39 is 0 Å². The maximum atomic E-state index is 11.8. The highest BCUT2D eigenvalue weighted by atomic mass is 16.2. The highest BCUT2D eigenvalue weighted by Gasteiger charge is 2.09. The zero-order valence-electron chi connectivity index (χ0n) is 10.7. The van der Waals surface area contributed by atoms with Crippen LogP contribution in [0.2, 0.25) is 0 Å². The van der Waals surface area contributed by atoms with Gasteiger partial charge in [0.05, 0.1) is 0 Å². The number of carbonyl (C=O) groups excluding carboxylic acids is 1. The van der Waals surface area contributed by atoms with Crippen molar-refractivity contribution < 1.29 is 4.79 Å². The molecule has 1 unspecified atom stereocenters. The number of amides is 1. The highest BCUT2D eigenvalue weighted by molar-refractivity contribution is 5.76. The van der Waals surface area contributed by atoms with E-state index >= 15 is 0 Å². The van der Waals surface area contributed by atoms with Crippen LogP contribution in [-0.2, 0) is 11.2 Å². The molecule has 0 spiro atoms. The Hall–Kier alpha value is -1.35. The first-order valence-electron chi connectivity index (χ1n) is 6.13. The van der Waals surface area contributed by atoms with Crippen LogP contribution in [0.3, 0.4) is 0 Å². The average molecular weight is 234 g/mol. The van der Waals surface area contributed by atoms with Crippen molar-refractivity contribution in [3.05, 3.63) is 35.9 Å². The van der Waals surface area contributed by atoms with E-state index in [0.29, 0.717) is 6.42 Å². The van der Waals surface area contributed by atoms with Crippen molar-refractivity contribution in [1.29, 1.82) is 0 Å². The van der Waals surface area contributed by atoms with Crippen LogP contribution in [0, 0.1) is 0 Å². The van der Waals surface area contributed by atoms with Gasteiger partial charge in [0, 0.05) is 26.1 Å². The second-order valence-electron chi connectivity index (χ2n) is 4.57. The van der Waals surface area contributed by atoms with Crippen LogP contribution in [0.1, 0.15) is 25.3 Å². The Kier molecular flexibility index (Phi) is 5.70. The van der Waals surface area contributed by atoms with Gasteiger partial charge in [-0.3, -0.25) is 4.79 Å². The maximum absolute atomic E-state index is 11.8. The van der Waals surface area contributed by atoms with E-state index in [1.54, 1.807) is 4.90 Å². The van der Waals surface area contributed by atoms with E-state index in [0.717, 1.165) is 19.4 Å². The smallest absolute Gasteiger partial charge is 0.222 e. The molecular weight excluding hydrogens is 212 g/mol. The van der Waals surface area contributed by atoms with Crippen LogP contribution < -0.4 is 5.73 Å². The Morgan fingerprint density at radius 2 is 2.00 bits per heavy atom. The van der Waals surface area contributed by atoms with Gasteiger partial charge in [-0.1, -0.05) is 30.3 Å². The van der Waals surface area contributed by atoms with Crippen LogP contribution in [0.5, 0.6) is 0 Å². The maximum Gasteiger partial charge on any atom is 0.222 e. The molecule has 1 aromatic carbocycles. The molecule has 0 bridgehead atoms. The predicted octanol–water partition coefficient (Wildman–Crippen LogP) is 1.81. The molecule has 0 saturated carbocycles. The molecule has 1 amide bonds. The number of nitrogens with two attached hydrogens (primary N) is 1. The van der Waals surface area contributed by atoms with Gasteiger partial charge < -0.3 is 10.6 Å². The van der Waals surface area contributed by atoms with Gasteiger partial charge in [0.1, 0.15) is 0 Å². The quantitative estimate of drug-likeness (QED) is 0.816. The van der Waals surface area contributed by atoms with E-state index in [1.165, 1.54) is 5.56 Å². The summed E-state index contributed by atoms with van der Waals surface area (Å²) in [5.74, 6) is 0.189. The summed E-state index contributed by atoms with van der Waals surface area (Å²) in [6.45, 7) is 2.70. The first kappa shape index (κ1) is 13.7. The first-order chi connectivity index (χ1) is 8.09. The van der Waals surface area contributed by atoms with Gasteiger partial charge in [0.15, 0.2) is 0 Å². The summed E-state index contributed by atoms with van der Waals surface area (Å²) in [6, 6.07) is 10.2. The van der Waals surface area contributed by atoms with Gasteiger partial charge >= 0.3 is 0 Å². The van der Waals surface area contributed by atoms with E-state index in [4.69, 9.17) is 5.73 Å². The van der Waals surface area contributed by atoms with Crippen LogP contribution in [0.4, 0.5) is 0 Å². The topological polar surface area (TPSA) is 46.3 Å². The molecule has 3 nitrogen and oxygen atoms in total. The molecule has 0 aromatic heterocycles. The first-order valence-corrected chi connectivity index (χ1v) is 6.13. The molecular formula is C14H22N2O. The Labute approximate surface area is 104 Å². The summed E-state index contributed by atoms with van der Waals surface area (Å²) in [7, 11) is 1.84. The minimum absolute atomic E-state index is 0.152. The summed E-state index contributed by atoms with van der Waals surface area (Å²) < 4.78 is 0. The Balaban J connectivity index is 2.29. The Bertz CT molecular complexity index is 335. The third-order valence-electron chi connectivity index (χ3n) is 2.82. The second-order valence-corrected chi connectivity index (χ2v) is 4.57. The van der Waals surface area contributed by atoms with Gasteiger partial charge in [-0.25, -0.2) is 0 Å². The van der Waals surface area contributed by atoms with E-state index in [9.17, 15) is 4.79 Å². The summed E-state index contributed by atoms with van der Waals surface area (Å²) >= 11 is 0. The summed E-state index contributed by atoms with van der Waals surface area (Å²) in [5.41, 5.74) is 6.88. The summed E-state index contributed by atoms with van der Waals surface area (Å²) in [5, 5.41) is 0. The normalized spacial score (nSPS) is 12.2. The lowest BCUT2D eigenvalue weighted by atomic mass is 10.1. The van der Waals surface area contributed by atoms with Gasteiger partial charge in [-0.05, 0) is 25.3 Å². The number of rotatable bonds is 6. The number of hydrogen-bond donors (Lipinski definition) is 1. The molecule has 0 aliphatic heterocycles. The lowest BCUT2D eigenvalue weighted by Gasteiger charge is -2.18. The number of aryl methyl sites for hydroxylation is 1. The van der Waals surface area contributed by atoms with Crippen molar-refractivity contribution in [2.24, 2.45) is 5.73 Å². The zero-order chi connectivity index (χ0) is 12.7. The van der Waals surface area contributed by atoms with Crippen LogP contribution in [-0.4, -0.2) is 30.4 Å². The van der Waals surface area contributed by atoms with Crippen LogP contribution >= 0.6 is 0 Å². The molecule has 0 aliphatic carbocycles. The number of nitrogens with zero attached hydrogens (tertiary/aromatic N) is 1. The Morgan fingerprint density at radius 3 is 2.59 bits per heavy atom. The van der Waals surface area contributed by atoms with Crippen molar-refractivity contribution in [2.45, 2.75) is 32.2 Å². The molecule has 1 rings (SSSR count). The van der Waals surface area contributed by atoms with Crippen LogP contribution in [0.15, 0.2) is 30.3 Å². The van der Waals surface area contributed by atoms with E-state index in [1.807, 2.05) is 32.2 Å². The van der Waals surface area contributed by atoms with E-state index in [2.05, 4.69) is 12.1 Å². The third-order valence-corrected chi connectivity index (χ3v) is 2.82. The Morgan fingerprint density at radius 1 is 1.35 bits per heavy atom. The van der Waals surface area contributed by atoms with Crippen molar-refractivity contribution >= 4 is 5.91 Å². The standard InChI is InChI=1S/C14H22N2O/c1-12(15)10-11-16(2)14(17)9-8-13-6-4-3-5-7-13/h3-7,12H,8-11,15H2,1-2H3. The minimum atomic E-state index is 0.152. The third kappa shape index (κ3) is 5.50. The molecule has 0 aliphatic rings. The molecule has 1 atom stereocenters. The molecule has 0 heterocycles. The fraction of sp³-hybridized carbons (Fsp3) is 0.500. The number of carbonyl (C=O) groups is 1. The van der Waals surface area contributed by atoms with Crippen molar-refractivity contribution in [1.82, 2.24) is 4.90 Å². The minimum Gasteiger partial charge on any atom is -0.346 e. The van der Waals surface area contributed by atoms with Gasteiger partial charge in [-0.15, -0.1) is 0 Å². The average Bonchev–Trinajstić information content (AvgIpc) is 2.34. The largest absolute Gasteiger partial charge is 0.346 e. The highest BCUT2D eigenvalue weighted by Crippen LogP contribution is 2.04. The van der Waals surface area contributed by atoms with Crippen molar-refractivity contribution in [3.63, 3.8) is 0 Å². The number of hydrogen-bond acceptors (Lipinski definition) is 2. The molecule has 17 heavy (non-hydrogen) atoms. The molecule has 94 valence electrons. The number of benzene rings is 1. The monoisotopic (exact) mass is 234 g/mol.